The molecule has 9 heteroatoms. The van der Waals surface area contributed by atoms with Gasteiger partial charge in [0, 0.05) is 0 Å². The average Bonchev–Trinajstić information content (AvgIpc) is 2.17. The second kappa shape index (κ2) is 3.65. The Balaban J connectivity index is 2.33. The van der Waals surface area contributed by atoms with Crippen molar-refractivity contribution in [2.45, 2.75) is 0 Å². The predicted molar refractivity (Wildman–Crippen MR) is 45.4 cm³/mol. The molecule has 9 nitrogen and oxygen atoms in total. The van der Waals surface area contributed by atoms with Crippen LogP contribution in [0, 0.1) is 0 Å². The molecule has 0 bridgehead atoms. The molecule has 0 unspecified atom stereocenters. The van der Waals surface area contributed by atoms with Gasteiger partial charge in [-0.05, 0) is 0 Å². The van der Waals surface area contributed by atoms with E-state index in [-0.39, 0.29) is 12.0 Å². The van der Waals surface area contributed by atoms with Gasteiger partial charge in [-0.3, -0.25) is 9.97 Å². The van der Waals surface area contributed by atoms with E-state index < -0.39 is 11.4 Å². The minimum Gasteiger partial charge on any atom is -0.390 e. The molecule has 0 fully saturated rings. The number of nitrogens with zero attached hydrogens (tertiary/aromatic N) is 4. The van der Waals surface area contributed by atoms with Crippen LogP contribution in [-0.4, -0.2) is 29.9 Å². The summed E-state index contributed by atoms with van der Waals surface area (Å²) in [6, 6.07) is -0.353. The van der Waals surface area contributed by atoms with Gasteiger partial charge in [-0.25, -0.2) is 14.6 Å². The number of ether oxygens (including phenoxy) is 1. The maximum atomic E-state index is 10.8. The first kappa shape index (κ1) is 8.99. The third-order valence-corrected chi connectivity index (χ3v) is 1.30. The first-order chi connectivity index (χ1) is 7.24. The van der Waals surface area contributed by atoms with Gasteiger partial charge in [0.25, 0.3) is 0 Å². The average molecular weight is 208 g/mol. The molecule has 0 saturated carbocycles. The zero-order chi connectivity index (χ0) is 10.7. The summed E-state index contributed by atoms with van der Waals surface area (Å²) in [5.41, 5.74) is -1.54. The second-order valence-electron chi connectivity index (χ2n) is 2.32. The molecule has 2 rings (SSSR count). The van der Waals surface area contributed by atoms with E-state index in [1.54, 1.807) is 0 Å². The zero-order valence-corrected chi connectivity index (χ0v) is 7.17. The summed E-state index contributed by atoms with van der Waals surface area (Å²) in [7, 11) is 0. The molecule has 15 heavy (non-hydrogen) atoms. The lowest BCUT2D eigenvalue weighted by molar-refractivity contribution is 0.398. The smallest absolute Gasteiger partial charge is 0.353 e. The van der Waals surface area contributed by atoms with Crippen molar-refractivity contribution in [1.82, 2.24) is 29.9 Å². The molecule has 76 valence electrons. The molecule has 2 aromatic rings. The normalized spacial score (nSPS) is 9.87. The number of aromatic nitrogens is 6. The van der Waals surface area contributed by atoms with E-state index in [0.717, 1.165) is 0 Å². The molecule has 0 aliphatic heterocycles. The summed E-state index contributed by atoms with van der Waals surface area (Å²) in [6.45, 7) is 0. The van der Waals surface area contributed by atoms with Crippen LogP contribution in [-0.2, 0) is 0 Å². The highest BCUT2D eigenvalue weighted by molar-refractivity contribution is 4.99. The molecular weight excluding hydrogens is 204 g/mol. The van der Waals surface area contributed by atoms with Crippen LogP contribution in [0.1, 0.15) is 0 Å². The molecule has 2 aromatic heterocycles. The van der Waals surface area contributed by atoms with Gasteiger partial charge in [-0.15, -0.1) is 4.98 Å². The van der Waals surface area contributed by atoms with Crippen LogP contribution in [0.25, 0.3) is 0 Å². The number of nitrogens with one attached hydrogen (secondary N) is 2. The topological polar surface area (TPSA) is 127 Å². The van der Waals surface area contributed by atoms with Gasteiger partial charge in [-0.2, -0.15) is 9.97 Å². The van der Waals surface area contributed by atoms with E-state index in [2.05, 4.69) is 24.9 Å². The first-order valence-electron chi connectivity index (χ1n) is 3.74. The summed E-state index contributed by atoms with van der Waals surface area (Å²) in [6.07, 6.45) is 2.40. The van der Waals surface area contributed by atoms with E-state index in [4.69, 9.17) is 4.74 Å². The summed E-state index contributed by atoms with van der Waals surface area (Å²) < 4.78 is 4.89. The number of H-pyrrole nitrogens is 2. The Labute approximate surface area is 81.2 Å². The molecule has 2 heterocycles. The van der Waals surface area contributed by atoms with Crippen LogP contribution in [0.15, 0.2) is 22.2 Å². The Morgan fingerprint density at radius 1 is 1.13 bits per heavy atom. The Kier molecular flexibility index (Phi) is 2.19. The van der Waals surface area contributed by atoms with Crippen molar-refractivity contribution in [2.75, 3.05) is 0 Å². The Morgan fingerprint density at radius 2 is 1.87 bits per heavy atom. The van der Waals surface area contributed by atoms with Crippen molar-refractivity contribution in [3.63, 3.8) is 0 Å². The monoisotopic (exact) mass is 208 g/mol. The van der Waals surface area contributed by atoms with Gasteiger partial charge >= 0.3 is 23.4 Å². The SMILES string of the molecule is O=c1nc(Oc2ncncn2)[nH]c(=O)[nH]1. The lowest BCUT2D eigenvalue weighted by Crippen LogP contribution is -2.24. The van der Waals surface area contributed by atoms with E-state index >= 15 is 0 Å². The minimum atomic E-state index is -0.817. The van der Waals surface area contributed by atoms with Crippen molar-refractivity contribution in [1.29, 1.82) is 0 Å². The number of hydrogen-bond acceptors (Lipinski definition) is 7. The zero-order valence-electron chi connectivity index (χ0n) is 7.17. The largest absolute Gasteiger partial charge is 0.390 e. The molecule has 0 aliphatic carbocycles. The highest BCUT2D eigenvalue weighted by Crippen LogP contribution is 2.05. The summed E-state index contributed by atoms with van der Waals surface area (Å²) in [5.74, 6) is 0. The molecule has 0 aliphatic rings. The van der Waals surface area contributed by atoms with Crippen LogP contribution >= 0.6 is 0 Å². The van der Waals surface area contributed by atoms with Crippen molar-refractivity contribution in [3.05, 3.63) is 33.6 Å². The number of hydrogen-bond donors (Lipinski definition) is 2. The standard InChI is InChI=1S/C6H4N6O3/c13-3-10-4(14)12-6(11-3)15-5-8-1-7-2-9-5/h1-2H,(H2,10,11,12,13,14). The fraction of sp³-hybridized carbons (Fsp3) is 0. The molecular formula is C6H4N6O3. The van der Waals surface area contributed by atoms with Crippen LogP contribution in [0.3, 0.4) is 0 Å². The quantitative estimate of drug-likeness (QED) is 0.610. The van der Waals surface area contributed by atoms with Crippen molar-refractivity contribution < 1.29 is 4.74 Å². The molecule has 0 atom stereocenters. The van der Waals surface area contributed by atoms with E-state index in [1.807, 2.05) is 4.98 Å². The highest BCUT2D eigenvalue weighted by Gasteiger charge is 2.02. The van der Waals surface area contributed by atoms with E-state index in [9.17, 15) is 9.59 Å². The molecule has 0 spiro atoms. The predicted octanol–water partition coefficient (Wildman–Crippen LogP) is -1.56. The molecule has 2 N–H and O–H groups in total. The molecule has 0 radical (unpaired) electrons. The third-order valence-electron chi connectivity index (χ3n) is 1.30. The minimum absolute atomic E-state index is 0.0706. The van der Waals surface area contributed by atoms with Gasteiger partial charge in [0.1, 0.15) is 12.7 Å². The van der Waals surface area contributed by atoms with Gasteiger partial charge in [-0.1, -0.05) is 0 Å². The van der Waals surface area contributed by atoms with Crippen LogP contribution in [0.4, 0.5) is 0 Å². The summed E-state index contributed by atoms with van der Waals surface area (Å²) >= 11 is 0. The van der Waals surface area contributed by atoms with Crippen molar-refractivity contribution in [3.8, 4) is 12.0 Å². The lowest BCUT2D eigenvalue weighted by atomic mass is 10.9. The van der Waals surface area contributed by atoms with E-state index in [0.29, 0.717) is 0 Å². The Hall–Kier alpha value is -2.58. The summed E-state index contributed by atoms with van der Waals surface area (Å²) in [4.78, 5) is 39.8. The summed E-state index contributed by atoms with van der Waals surface area (Å²) in [5, 5.41) is 0. The van der Waals surface area contributed by atoms with Crippen LogP contribution in [0.2, 0.25) is 0 Å². The maximum absolute atomic E-state index is 10.8. The fourth-order valence-electron chi connectivity index (χ4n) is 0.790. The molecule has 0 saturated heterocycles. The maximum Gasteiger partial charge on any atom is 0.353 e. The highest BCUT2D eigenvalue weighted by atomic mass is 16.5. The van der Waals surface area contributed by atoms with Crippen LogP contribution < -0.4 is 16.1 Å². The van der Waals surface area contributed by atoms with Crippen molar-refractivity contribution in [2.24, 2.45) is 0 Å². The second-order valence-corrected chi connectivity index (χ2v) is 2.32. The van der Waals surface area contributed by atoms with Gasteiger partial charge in [0.2, 0.25) is 0 Å². The van der Waals surface area contributed by atoms with Gasteiger partial charge in [0.15, 0.2) is 0 Å². The van der Waals surface area contributed by atoms with Gasteiger partial charge in [0.05, 0.1) is 0 Å². The number of rotatable bonds is 2. The lowest BCUT2D eigenvalue weighted by Gasteiger charge is -1.98. The van der Waals surface area contributed by atoms with Crippen LogP contribution in [0.5, 0.6) is 12.0 Å². The van der Waals surface area contributed by atoms with Gasteiger partial charge < -0.3 is 4.74 Å². The molecule has 0 amide bonds. The fourth-order valence-corrected chi connectivity index (χ4v) is 0.790. The Morgan fingerprint density at radius 3 is 2.53 bits per heavy atom. The van der Waals surface area contributed by atoms with Crippen molar-refractivity contribution >= 4 is 0 Å². The first-order valence-corrected chi connectivity index (χ1v) is 3.74. The Bertz CT molecular complexity index is 533. The van der Waals surface area contributed by atoms with E-state index in [1.165, 1.54) is 12.7 Å². The third kappa shape index (κ3) is 2.21. The number of aromatic amines is 2. The molecule has 0 aromatic carbocycles.